The number of nitrogens with one attached hydrogen (secondary N) is 1. The third kappa shape index (κ3) is 1.73. The van der Waals surface area contributed by atoms with E-state index in [2.05, 4.69) is 21.2 Å². The topological polar surface area (TPSA) is 67.5 Å². The van der Waals surface area contributed by atoms with Crippen molar-refractivity contribution in [1.29, 1.82) is 0 Å². The minimum Gasteiger partial charge on any atom is -0.505 e. The second kappa shape index (κ2) is 4.39. The highest BCUT2D eigenvalue weighted by atomic mass is 79.9. The monoisotopic (exact) mass is 362 g/mol. The highest BCUT2D eigenvalue weighted by molar-refractivity contribution is 9.10. The van der Waals surface area contributed by atoms with Gasteiger partial charge in [-0.3, -0.25) is 0 Å². The Labute approximate surface area is 134 Å². The molecular weight excluding hydrogens is 351 g/mol. The molecule has 4 nitrogen and oxygen atoms in total. The van der Waals surface area contributed by atoms with Gasteiger partial charge in [0.25, 0.3) is 0 Å². The molecule has 1 atom stereocenters. The van der Waals surface area contributed by atoms with Gasteiger partial charge in [-0.15, -0.1) is 0 Å². The first kappa shape index (κ1) is 13.5. The number of benzene rings is 2. The third-order valence-corrected chi connectivity index (χ3v) is 4.64. The normalized spacial score (nSPS) is 21.6. The van der Waals surface area contributed by atoms with E-state index < -0.39 is 17.0 Å². The van der Waals surface area contributed by atoms with Crippen LogP contribution < -0.4 is 15.8 Å². The smallest absolute Gasteiger partial charge is 0.168 e. The van der Waals surface area contributed by atoms with E-state index in [9.17, 15) is 9.50 Å². The number of phenolic OH excluding ortho intramolecular Hbond substituents is 1. The van der Waals surface area contributed by atoms with Crippen LogP contribution in [0.1, 0.15) is 11.1 Å². The van der Waals surface area contributed by atoms with Crippen molar-refractivity contribution < 1.29 is 14.2 Å². The number of phenols is 1. The van der Waals surface area contributed by atoms with Gasteiger partial charge in [-0.05, 0) is 30.3 Å². The number of aromatic hydroxyl groups is 1. The third-order valence-electron chi connectivity index (χ3n) is 4.15. The maximum Gasteiger partial charge on any atom is 0.168 e. The van der Waals surface area contributed by atoms with E-state index in [-0.39, 0.29) is 0 Å². The van der Waals surface area contributed by atoms with E-state index in [1.165, 1.54) is 12.1 Å². The van der Waals surface area contributed by atoms with Crippen LogP contribution >= 0.6 is 15.9 Å². The fourth-order valence-corrected chi connectivity index (χ4v) is 3.50. The van der Waals surface area contributed by atoms with Crippen molar-refractivity contribution in [2.45, 2.75) is 5.41 Å². The Kier molecular flexibility index (Phi) is 2.69. The molecule has 0 saturated carbocycles. The number of halogens is 2. The molecule has 1 spiro atoms. The van der Waals surface area contributed by atoms with Gasteiger partial charge in [0, 0.05) is 28.2 Å². The highest BCUT2D eigenvalue weighted by Crippen LogP contribution is 2.52. The number of hydrogen-bond acceptors (Lipinski definition) is 4. The first-order valence-corrected chi connectivity index (χ1v) is 7.52. The van der Waals surface area contributed by atoms with Crippen LogP contribution in [0.3, 0.4) is 0 Å². The van der Waals surface area contributed by atoms with E-state index in [1.54, 1.807) is 0 Å². The average Bonchev–Trinajstić information content (AvgIpc) is 2.86. The molecular formula is C16H12BrFN2O2. The number of rotatable bonds is 0. The summed E-state index contributed by atoms with van der Waals surface area (Å²) in [5.41, 5.74) is 6.92. The summed E-state index contributed by atoms with van der Waals surface area (Å²) in [4.78, 5) is 0. The van der Waals surface area contributed by atoms with Crippen molar-refractivity contribution in [3.63, 3.8) is 0 Å². The van der Waals surface area contributed by atoms with Gasteiger partial charge in [-0.1, -0.05) is 15.9 Å². The molecule has 0 radical (unpaired) electrons. The van der Waals surface area contributed by atoms with E-state index in [0.717, 1.165) is 10.0 Å². The summed E-state index contributed by atoms with van der Waals surface area (Å²) >= 11 is 3.46. The van der Waals surface area contributed by atoms with Crippen LogP contribution in [0.25, 0.3) is 0 Å². The van der Waals surface area contributed by atoms with E-state index in [1.807, 2.05) is 24.3 Å². The van der Waals surface area contributed by atoms with Crippen molar-refractivity contribution in [3.05, 3.63) is 63.6 Å². The predicted octanol–water partition coefficient (Wildman–Crippen LogP) is 3.09. The van der Waals surface area contributed by atoms with Crippen molar-refractivity contribution in [2.75, 3.05) is 6.54 Å². The van der Waals surface area contributed by atoms with E-state index >= 15 is 0 Å². The first-order chi connectivity index (χ1) is 10.5. The van der Waals surface area contributed by atoms with Crippen LogP contribution in [0.5, 0.6) is 17.2 Å². The Balaban J connectivity index is 2.05. The van der Waals surface area contributed by atoms with Gasteiger partial charge in [-0.2, -0.15) is 0 Å². The lowest BCUT2D eigenvalue weighted by Gasteiger charge is -2.35. The Hall–Kier alpha value is -2.21. The minimum absolute atomic E-state index is 0.387. The van der Waals surface area contributed by atoms with Crippen LogP contribution in [-0.4, -0.2) is 11.7 Å². The van der Waals surface area contributed by atoms with Crippen LogP contribution in [0.15, 0.2) is 46.7 Å². The van der Waals surface area contributed by atoms with Crippen LogP contribution in [0, 0.1) is 5.82 Å². The minimum atomic E-state index is -0.711. The Morgan fingerprint density at radius 2 is 2.00 bits per heavy atom. The molecule has 2 aromatic carbocycles. The molecule has 2 aliphatic heterocycles. The van der Waals surface area contributed by atoms with Gasteiger partial charge in [0.15, 0.2) is 11.6 Å². The second-order valence-corrected chi connectivity index (χ2v) is 6.38. The molecule has 0 amide bonds. The van der Waals surface area contributed by atoms with E-state index in [4.69, 9.17) is 10.5 Å². The summed E-state index contributed by atoms with van der Waals surface area (Å²) in [5.74, 6) is 0.463. The standard InChI is InChI=1S/C16H12BrFN2O2/c17-8-1-2-13-9(3-8)16(6-15(19)20-7-16)10-4-12(21)11(18)5-14(10)22-13/h1-6,20-21H,7,19H2/t16-/m1/s1. The first-order valence-electron chi connectivity index (χ1n) is 6.73. The summed E-state index contributed by atoms with van der Waals surface area (Å²) in [6, 6.07) is 8.27. The molecule has 4 rings (SSSR count). The van der Waals surface area contributed by atoms with Gasteiger partial charge in [0.1, 0.15) is 11.5 Å². The molecule has 2 heterocycles. The van der Waals surface area contributed by atoms with Crippen molar-refractivity contribution in [3.8, 4) is 17.2 Å². The van der Waals surface area contributed by atoms with Gasteiger partial charge < -0.3 is 20.9 Å². The number of fused-ring (bicyclic) bond motifs is 4. The summed E-state index contributed by atoms with van der Waals surface area (Å²) in [7, 11) is 0. The summed E-state index contributed by atoms with van der Waals surface area (Å²) < 4.78 is 20.4. The SMILES string of the molecule is NC1=C[C@@]2(CN1)c1cc(Br)ccc1Oc1cc(F)c(O)cc12. The lowest BCUT2D eigenvalue weighted by atomic mass is 9.73. The van der Waals surface area contributed by atoms with Crippen LogP contribution in [0.2, 0.25) is 0 Å². The van der Waals surface area contributed by atoms with E-state index in [0.29, 0.717) is 29.4 Å². The molecule has 0 fully saturated rings. The summed E-state index contributed by atoms with van der Waals surface area (Å²) in [6.07, 6.45) is 1.89. The fourth-order valence-electron chi connectivity index (χ4n) is 3.13. The molecule has 0 saturated heterocycles. The van der Waals surface area contributed by atoms with Gasteiger partial charge in [-0.25, -0.2) is 4.39 Å². The Bertz CT molecular complexity index is 837. The number of hydrogen-bond donors (Lipinski definition) is 3. The molecule has 0 unspecified atom stereocenters. The summed E-state index contributed by atoms with van der Waals surface area (Å²) in [5, 5.41) is 12.9. The van der Waals surface area contributed by atoms with Crippen LogP contribution in [0.4, 0.5) is 4.39 Å². The predicted molar refractivity (Wildman–Crippen MR) is 83.3 cm³/mol. The van der Waals surface area contributed by atoms with Crippen molar-refractivity contribution >= 4 is 15.9 Å². The summed E-state index contributed by atoms with van der Waals surface area (Å²) in [6.45, 7) is 0.518. The van der Waals surface area contributed by atoms with Crippen molar-refractivity contribution in [2.24, 2.45) is 5.73 Å². The van der Waals surface area contributed by atoms with Crippen molar-refractivity contribution in [1.82, 2.24) is 5.32 Å². The molecule has 0 aromatic heterocycles. The number of ether oxygens (including phenoxy) is 1. The van der Waals surface area contributed by atoms with Crippen LogP contribution in [-0.2, 0) is 5.41 Å². The molecule has 2 aromatic rings. The highest BCUT2D eigenvalue weighted by Gasteiger charge is 2.44. The molecule has 6 heteroatoms. The van der Waals surface area contributed by atoms with Gasteiger partial charge in [0.05, 0.1) is 11.2 Å². The Morgan fingerprint density at radius 1 is 1.23 bits per heavy atom. The molecule has 0 aliphatic carbocycles. The fraction of sp³-hybridized carbons (Fsp3) is 0.125. The van der Waals surface area contributed by atoms with Gasteiger partial charge in [0.2, 0.25) is 0 Å². The maximum absolute atomic E-state index is 13.7. The zero-order valence-electron chi connectivity index (χ0n) is 11.4. The molecule has 2 aliphatic rings. The lowest BCUT2D eigenvalue weighted by Crippen LogP contribution is -2.34. The number of nitrogens with two attached hydrogens (primary N) is 1. The Morgan fingerprint density at radius 3 is 2.73 bits per heavy atom. The lowest BCUT2D eigenvalue weighted by molar-refractivity contribution is 0.399. The average molecular weight is 363 g/mol. The largest absolute Gasteiger partial charge is 0.505 e. The zero-order chi connectivity index (χ0) is 15.5. The molecule has 22 heavy (non-hydrogen) atoms. The molecule has 112 valence electrons. The second-order valence-electron chi connectivity index (χ2n) is 5.47. The quantitative estimate of drug-likeness (QED) is 0.673. The zero-order valence-corrected chi connectivity index (χ0v) is 12.9. The molecule has 4 N–H and O–H groups in total. The van der Waals surface area contributed by atoms with Gasteiger partial charge >= 0.3 is 0 Å². The molecule has 0 bridgehead atoms. The maximum atomic E-state index is 13.7.